The Morgan fingerprint density at radius 1 is 1.47 bits per heavy atom. The smallest absolute Gasteiger partial charge is 0.241 e. The Labute approximate surface area is 121 Å². The molecular weight excluding hydrogens is 337 g/mol. The molecule has 0 bridgehead atoms. The molecule has 1 aromatic carbocycles. The SMILES string of the molecule is CCN(C)CCNS(=O)(=O)c1cc(N)c(F)cc1Br. The minimum absolute atomic E-state index is 0.0643. The number of hydrogen-bond acceptors (Lipinski definition) is 4. The van der Waals surface area contributed by atoms with Gasteiger partial charge in [0.25, 0.3) is 0 Å². The topological polar surface area (TPSA) is 75.4 Å². The van der Waals surface area contributed by atoms with Crippen LogP contribution in [0.3, 0.4) is 0 Å². The van der Waals surface area contributed by atoms with Gasteiger partial charge in [0.05, 0.1) is 10.6 Å². The molecule has 5 nitrogen and oxygen atoms in total. The lowest BCUT2D eigenvalue weighted by atomic mass is 10.3. The lowest BCUT2D eigenvalue weighted by Gasteiger charge is -2.15. The van der Waals surface area contributed by atoms with Gasteiger partial charge in [-0.05, 0) is 41.7 Å². The van der Waals surface area contributed by atoms with Crippen LogP contribution in [0.1, 0.15) is 6.92 Å². The van der Waals surface area contributed by atoms with E-state index in [9.17, 15) is 12.8 Å². The van der Waals surface area contributed by atoms with Gasteiger partial charge in [-0.1, -0.05) is 6.92 Å². The van der Waals surface area contributed by atoms with Gasteiger partial charge in [0, 0.05) is 17.6 Å². The molecule has 8 heteroatoms. The van der Waals surface area contributed by atoms with Crippen LogP contribution in [0.25, 0.3) is 0 Å². The summed E-state index contributed by atoms with van der Waals surface area (Å²) in [5.41, 5.74) is 5.19. The monoisotopic (exact) mass is 353 g/mol. The van der Waals surface area contributed by atoms with Crippen molar-refractivity contribution in [3.8, 4) is 0 Å². The Morgan fingerprint density at radius 2 is 2.11 bits per heavy atom. The molecule has 0 fully saturated rings. The van der Waals surface area contributed by atoms with Crippen molar-refractivity contribution in [3.05, 3.63) is 22.4 Å². The van der Waals surface area contributed by atoms with E-state index >= 15 is 0 Å². The van der Waals surface area contributed by atoms with Gasteiger partial charge in [0.2, 0.25) is 10.0 Å². The Hall–Kier alpha value is -0.700. The Kier molecular flexibility index (Phi) is 5.72. The second kappa shape index (κ2) is 6.65. The van der Waals surface area contributed by atoms with Crippen LogP contribution >= 0.6 is 15.9 Å². The van der Waals surface area contributed by atoms with Crippen LogP contribution < -0.4 is 10.5 Å². The van der Waals surface area contributed by atoms with E-state index in [4.69, 9.17) is 5.73 Å². The molecule has 0 spiro atoms. The number of nitrogens with zero attached hydrogens (tertiary/aromatic N) is 1. The van der Waals surface area contributed by atoms with Crippen molar-refractivity contribution < 1.29 is 12.8 Å². The van der Waals surface area contributed by atoms with E-state index in [2.05, 4.69) is 20.7 Å². The lowest BCUT2D eigenvalue weighted by molar-refractivity contribution is 0.358. The van der Waals surface area contributed by atoms with Gasteiger partial charge in [-0.2, -0.15) is 0 Å². The minimum atomic E-state index is -3.70. The quantitative estimate of drug-likeness (QED) is 0.758. The highest BCUT2D eigenvalue weighted by atomic mass is 79.9. The summed E-state index contributed by atoms with van der Waals surface area (Å²) in [6.45, 7) is 3.67. The number of sulfonamides is 1. The zero-order valence-corrected chi connectivity index (χ0v) is 13.2. The van der Waals surface area contributed by atoms with Gasteiger partial charge in [0.1, 0.15) is 5.82 Å². The van der Waals surface area contributed by atoms with E-state index in [1.54, 1.807) is 0 Å². The number of halogens is 2. The summed E-state index contributed by atoms with van der Waals surface area (Å²) in [5, 5.41) is 0. The first-order valence-corrected chi connectivity index (χ1v) is 7.98. The maximum Gasteiger partial charge on any atom is 0.241 e. The maximum atomic E-state index is 13.2. The summed E-state index contributed by atoms with van der Waals surface area (Å²) in [6, 6.07) is 2.15. The van der Waals surface area contributed by atoms with E-state index in [1.807, 2.05) is 18.9 Å². The molecule has 0 radical (unpaired) electrons. The van der Waals surface area contributed by atoms with E-state index in [0.29, 0.717) is 6.54 Å². The average molecular weight is 354 g/mol. The van der Waals surface area contributed by atoms with Gasteiger partial charge in [-0.15, -0.1) is 0 Å². The molecule has 0 saturated carbocycles. The fraction of sp³-hybridized carbons (Fsp3) is 0.455. The molecule has 3 N–H and O–H groups in total. The first kappa shape index (κ1) is 16.4. The molecule has 0 aliphatic carbocycles. The van der Waals surface area contributed by atoms with Crippen molar-refractivity contribution in [3.63, 3.8) is 0 Å². The fourth-order valence-corrected chi connectivity index (χ4v) is 3.43. The highest BCUT2D eigenvalue weighted by Crippen LogP contribution is 2.26. The van der Waals surface area contributed by atoms with Crippen LogP contribution in [-0.4, -0.2) is 40.0 Å². The standard InChI is InChI=1S/C11H17BrFN3O2S/c1-3-16(2)5-4-15-19(17,18)11-7-10(14)9(13)6-8(11)12/h6-7,15H,3-5,14H2,1-2H3. The highest BCUT2D eigenvalue weighted by molar-refractivity contribution is 9.10. The summed E-state index contributed by atoms with van der Waals surface area (Å²) in [6.07, 6.45) is 0. The Bertz CT molecular complexity index is 551. The predicted octanol–water partition coefficient (Wildman–Crippen LogP) is 1.40. The van der Waals surface area contributed by atoms with Gasteiger partial charge in [0.15, 0.2) is 0 Å². The van der Waals surface area contributed by atoms with Crippen molar-refractivity contribution in [2.24, 2.45) is 0 Å². The molecule has 0 heterocycles. The third-order valence-corrected chi connectivity index (χ3v) is 5.09. The lowest BCUT2D eigenvalue weighted by Crippen LogP contribution is -2.33. The molecule has 0 unspecified atom stereocenters. The molecule has 0 aliphatic heterocycles. The summed E-state index contributed by atoms with van der Waals surface area (Å²) in [5.74, 6) is -0.656. The fourth-order valence-electron chi connectivity index (χ4n) is 1.36. The van der Waals surface area contributed by atoms with Crippen LogP contribution in [0.4, 0.5) is 10.1 Å². The first-order chi connectivity index (χ1) is 8.77. The molecule has 0 atom stereocenters. The van der Waals surface area contributed by atoms with Crippen molar-refractivity contribution >= 4 is 31.6 Å². The number of nitrogen functional groups attached to an aromatic ring is 1. The first-order valence-electron chi connectivity index (χ1n) is 5.70. The summed E-state index contributed by atoms with van der Waals surface area (Å²) >= 11 is 3.03. The van der Waals surface area contributed by atoms with Crippen molar-refractivity contribution in [2.75, 3.05) is 32.4 Å². The van der Waals surface area contributed by atoms with Crippen molar-refractivity contribution in [1.82, 2.24) is 9.62 Å². The third-order valence-electron chi connectivity index (χ3n) is 2.67. The maximum absolute atomic E-state index is 13.2. The van der Waals surface area contributed by atoms with Gasteiger partial charge >= 0.3 is 0 Å². The van der Waals surface area contributed by atoms with Gasteiger partial charge < -0.3 is 10.6 Å². The van der Waals surface area contributed by atoms with Gasteiger partial charge in [-0.3, -0.25) is 0 Å². The Morgan fingerprint density at radius 3 is 2.68 bits per heavy atom. The zero-order valence-electron chi connectivity index (χ0n) is 10.8. The zero-order chi connectivity index (χ0) is 14.6. The largest absolute Gasteiger partial charge is 0.396 e. The summed E-state index contributed by atoms with van der Waals surface area (Å²) in [4.78, 5) is 1.90. The molecule has 0 aliphatic rings. The normalized spacial score (nSPS) is 12.1. The number of anilines is 1. The molecule has 19 heavy (non-hydrogen) atoms. The number of nitrogens with two attached hydrogens (primary N) is 1. The molecule has 0 aromatic heterocycles. The van der Waals surface area contributed by atoms with E-state index in [-0.39, 0.29) is 21.6 Å². The minimum Gasteiger partial charge on any atom is -0.396 e. The Balaban J connectivity index is 2.86. The van der Waals surface area contributed by atoms with Crippen LogP contribution in [0.15, 0.2) is 21.5 Å². The van der Waals surface area contributed by atoms with E-state index < -0.39 is 15.8 Å². The molecule has 0 amide bonds. The molecular formula is C11H17BrFN3O2S. The predicted molar refractivity (Wildman–Crippen MR) is 76.9 cm³/mol. The van der Waals surface area contributed by atoms with Crippen LogP contribution in [0, 0.1) is 5.82 Å². The number of likely N-dealkylation sites (N-methyl/N-ethyl adjacent to an activating group) is 1. The average Bonchev–Trinajstić information content (AvgIpc) is 2.33. The van der Waals surface area contributed by atoms with Crippen LogP contribution in [0.2, 0.25) is 0 Å². The molecule has 1 rings (SSSR count). The van der Waals surface area contributed by atoms with Crippen molar-refractivity contribution in [2.45, 2.75) is 11.8 Å². The summed E-state index contributed by atoms with van der Waals surface area (Å²) in [7, 11) is -1.82. The van der Waals surface area contributed by atoms with E-state index in [0.717, 1.165) is 18.7 Å². The van der Waals surface area contributed by atoms with E-state index in [1.165, 1.54) is 0 Å². The van der Waals surface area contributed by atoms with Crippen molar-refractivity contribution in [1.29, 1.82) is 0 Å². The highest BCUT2D eigenvalue weighted by Gasteiger charge is 2.19. The van der Waals surface area contributed by atoms with Gasteiger partial charge in [-0.25, -0.2) is 17.5 Å². The van der Waals surface area contributed by atoms with Crippen LogP contribution in [0.5, 0.6) is 0 Å². The van der Waals surface area contributed by atoms with Crippen LogP contribution in [-0.2, 0) is 10.0 Å². The third kappa shape index (κ3) is 4.41. The molecule has 0 saturated heterocycles. The number of benzene rings is 1. The second-order valence-corrected chi connectivity index (χ2v) is 6.69. The number of nitrogens with one attached hydrogen (secondary N) is 1. The molecule has 1 aromatic rings. The summed E-state index contributed by atoms with van der Waals surface area (Å²) < 4.78 is 39.9. The molecule has 108 valence electrons. The number of rotatable bonds is 6. The second-order valence-electron chi connectivity index (χ2n) is 4.10. The number of hydrogen-bond donors (Lipinski definition) is 2.